The summed E-state index contributed by atoms with van der Waals surface area (Å²) in [6.45, 7) is 0.472. The quantitative estimate of drug-likeness (QED) is 0.222. The average molecular weight is 585 g/mol. The van der Waals surface area contributed by atoms with Gasteiger partial charge < -0.3 is 4.74 Å². The molecule has 0 N–H and O–H groups in total. The normalized spacial score (nSPS) is 14.1. The fourth-order valence-corrected chi connectivity index (χ4v) is 5.24. The van der Waals surface area contributed by atoms with E-state index in [1.54, 1.807) is 48.5 Å². The Balaban J connectivity index is 1.14. The van der Waals surface area contributed by atoms with Gasteiger partial charge in [0.25, 0.3) is 23.6 Å². The molecule has 0 spiro atoms. The number of imide groups is 2. The van der Waals surface area contributed by atoms with Gasteiger partial charge in [0.1, 0.15) is 11.5 Å². The van der Waals surface area contributed by atoms with Crippen LogP contribution < -0.4 is 4.74 Å². The van der Waals surface area contributed by atoms with Crippen LogP contribution in [0, 0.1) is 0 Å². The van der Waals surface area contributed by atoms with E-state index in [-0.39, 0.29) is 36.0 Å². The number of halogens is 2. The molecule has 7 nitrogen and oxygen atoms in total. The highest BCUT2D eigenvalue weighted by Gasteiger charge is 2.37. The van der Waals surface area contributed by atoms with Crippen molar-refractivity contribution in [3.05, 3.63) is 128 Å². The zero-order valence-corrected chi connectivity index (χ0v) is 23.1. The van der Waals surface area contributed by atoms with Crippen molar-refractivity contribution >= 4 is 46.8 Å². The molecule has 9 heteroatoms. The molecule has 0 atom stereocenters. The van der Waals surface area contributed by atoms with Crippen LogP contribution in [-0.2, 0) is 12.8 Å². The maximum absolute atomic E-state index is 13.1. The summed E-state index contributed by atoms with van der Waals surface area (Å²) in [6.07, 6.45) is 1.01. The van der Waals surface area contributed by atoms with E-state index in [9.17, 15) is 19.2 Å². The zero-order valence-electron chi connectivity index (χ0n) is 21.6. The Hall–Kier alpha value is -4.46. The van der Waals surface area contributed by atoms with Crippen LogP contribution >= 0.6 is 23.2 Å². The summed E-state index contributed by atoms with van der Waals surface area (Å²) in [5, 5.41) is 1.24. The van der Waals surface area contributed by atoms with Gasteiger partial charge in [0, 0.05) is 23.1 Å². The Kier molecular flexibility index (Phi) is 7.07. The third-order valence-electron chi connectivity index (χ3n) is 7.19. The molecule has 204 valence electrons. The van der Waals surface area contributed by atoms with Gasteiger partial charge in [0.15, 0.2) is 0 Å². The molecule has 0 unspecified atom stereocenters. The second-order valence-electron chi connectivity index (χ2n) is 9.79. The highest BCUT2D eigenvalue weighted by molar-refractivity contribution is 6.30. The Bertz CT molecular complexity index is 1590. The van der Waals surface area contributed by atoms with Crippen molar-refractivity contribution in [1.29, 1.82) is 0 Å². The van der Waals surface area contributed by atoms with Crippen molar-refractivity contribution in [2.45, 2.75) is 12.8 Å². The lowest BCUT2D eigenvalue weighted by molar-refractivity contribution is 0.0640. The molecule has 0 saturated carbocycles. The van der Waals surface area contributed by atoms with E-state index in [1.165, 1.54) is 21.9 Å². The summed E-state index contributed by atoms with van der Waals surface area (Å²) in [5.41, 5.74) is 3.05. The lowest BCUT2D eigenvalue weighted by atomic mass is 10.1. The molecule has 41 heavy (non-hydrogen) atoms. The summed E-state index contributed by atoms with van der Waals surface area (Å²) < 4.78 is 5.96. The van der Waals surface area contributed by atoms with Crippen LogP contribution in [0.1, 0.15) is 52.6 Å². The van der Waals surface area contributed by atoms with Gasteiger partial charge in [-0.1, -0.05) is 47.5 Å². The molecule has 6 rings (SSSR count). The SMILES string of the molecule is O=C1c2ccc(Oc3ccc4c(c3)C(=O)N(CCc3ccc(Cl)cc3)C4=O)cc2C(=O)N1CCc1ccc(Cl)cc1. The van der Waals surface area contributed by atoms with Gasteiger partial charge in [0.05, 0.1) is 22.3 Å². The van der Waals surface area contributed by atoms with Crippen LogP contribution in [0.2, 0.25) is 10.0 Å². The summed E-state index contributed by atoms with van der Waals surface area (Å²) >= 11 is 11.9. The van der Waals surface area contributed by atoms with E-state index in [0.29, 0.717) is 45.5 Å². The summed E-state index contributed by atoms with van der Waals surface area (Å²) in [6, 6.07) is 23.9. The molecule has 0 radical (unpaired) electrons. The van der Waals surface area contributed by atoms with E-state index in [4.69, 9.17) is 27.9 Å². The van der Waals surface area contributed by atoms with E-state index >= 15 is 0 Å². The highest BCUT2D eigenvalue weighted by Crippen LogP contribution is 2.32. The summed E-state index contributed by atoms with van der Waals surface area (Å²) in [7, 11) is 0. The third-order valence-corrected chi connectivity index (χ3v) is 7.70. The second-order valence-corrected chi connectivity index (χ2v) is 10.7. The minimum atomic E-state index is -0.393. The number of benzene rings is 4. The Morgan fingerprint density at radius 2 is 0.854 bits per heavy atom. The predicted octanol–water partition coefficient (Wildman–Crippen LogP) is 6.46. The lowest BCUT2D eigenvalue weighted by Crippen LogP contribution is -2.31. The predicted molar refractivity (Wildman–Crippen MR) is 154 cm³/mol. The van der Waals surface area contributed by atoms with Crippen molar-refractivity contribution in [2.75, 3.05) is 13.1 Å². The number of fused-ring (bicyclic) bond motifs is 2. The van der Waals surface area contributed by atoms with E-state index in [0.717, 1.165) is 11.1 Å². The molecule has 4 amide bonds. The topological polar surface area (TPSA) is 84.0 Å². The van der Waals surface area contributed by atoms with Gasteiger partial charge in [-0.2, -0.15) is 0 Å². The van der Waals surface area contributed by atoms with E-state index in [2.05, 4.69) is 0 Å². The Labute approximate surface area is 245 Å². The third kappa shape index (κ3) is 5.22. The molecule has 0 fully saturated rings. The monoisotopic (exact) mass is 584 g/mol. The Morgan fingerprint density at radius 1 is 0.488 bits per heavy atom. The molecule has 0 aliphatic carbocycles. The lowest BCUT2D eigenvalue weighted by Gasteiger charge is -2.13. The number of hydrogen-bond acceptors (Lipinski definition) is 5. The van der Waals surface area contributed by atoms with Gasteiger partial charge in [-0.15, -0.1) is 0 Å². The van der Waals surface area contributed by atoms with Gasteiger partial charge in [-0.05, 0) is 84.6 Å². The van der Waals surface area contributed by atoms with Gasteiger partial charge >= 0.3 is 0 Å². The molecule has 2 aliphatic rings. The van der Waals surface area contributed by atoms with Crippen molar-refractivity contribution in [3.63, 3.8) is 0 Å². The van der Waals surface area contributed by atoms with Gasteiger partial charge in [0.2, 0.25) is 0 Å². The van der Waals surface area contributed by atoms with Crippen molar-refractivity contribution in [2.24, 2.45) is 0 Å². The number of hydrogen-bond donors (Lipinski definition) is 0. The number of rotatable bonds is 8. The fourth-order valence-electron chi connectivity index (χ4n) is 4.99. The van der Waals surface area contributed by atoms with Crippen LogP contribution in [0.3, 0.4) is 0 Å². The number of ether oxygens (including phenoxy) is 1. The molecule has 4 aromatic rings. The Morgan fingerprint density at radius 3 is 1.24 bits per heavy atom. The maximum Gasteiger partial charge on any atom is 0.261 e. The summed E-state index contributed by atoms with van der Waals surface area (Å²) in [4.78, 5) is 54.4. The molecule has 2 aliphatic heterocycles. The molecular formula is C32H22Cl2N2O5. The minimum Gasteiger partial charge on any atom is -0.457 e. The highest BCUT2D eigenvalue weighted by atomic mass is 35.5. The van der Waals surface area contributed by atoms with Crippen LogP contribution in [0.15, 0.2) is 84.9 Å². The largest absolute Gasteiger partial charge is 0.457 e. The van der Waals surface area contributed by atoms with Crippen molar-refractivity contribution in [1.82, 2.24) is 9.80 Å². The number of nitrogens with zero attached hydrogens (tertiary/aromatic N) is 2. The first kappa shape index (κ1) is 26.7. The van der Waals surface area contributed by atoms with E-state index < -0.39 is 11.8 Å². The van der Waals surface area contributed by atoms with E-state index in [1.807, 2.05) is 24.3 Å². The first-order valence-electron chi connectivity index (χ1n) is 13.0. The maximum atomic E-state index is 13.1. The van der Waals surface area contributed by atoms with Crippen molar-refractivity contribution in [3.8, 4) is 11.5 Å². The number of carbonyl (C=O) groups excluding carboxylic acids is 4. The minimum absolute atomic E-state index is 0.236. The van der Waals surface area contributed by atoms with Crippen LogP contribution in [-0.4, -0.2) is 46.5 Å². The van der Waals surface area contributed by atoms with Crippen molar-refractivity contribution < 1.29 is 23.9 Å². The first-order valence-corrected chi connectivity index (χ1v) is 13.7. The average Bonchev–Trinajstić information content (AvgIpc) is 3.35. The number of amides is 4. The molecular weight excluding hydrogens is 563 g/mol. The van der Waals surface area contributed by atoms with Gasteiger partial charge in [-0.25, -0.2) is 0 Å². The molecule has 0 saturated heterocycles. The standard InChI is InChI=1S/C32H22Cl2N2O5/c33-21-5-1-19(2-6-21)13-15-35-29(37)25-11-9-23(17-27(25)31(35)39)41-24-10-12-26-28(18-24)32(40)36(30(26)38)16-14-20-3-7-22(34)8-4-20/h1-12,17-18H,13-16H2. The fraction of sp³-hybridized carbons (Fsp3) is 0.125. The van der Waals surface area contributed by atoms with Crippen LogP contribution in [0.4, 0.5) is 0 Å². The molecule has 0 aromatic heterocycles. The number of carbonyl (C=O) groups is 4. The molecule has 4 aromatic carbocycles. The van der Waals surface area contributed by atoms with Crippen LogP contribution in [0.5, 0.6) is 11.5 Å². The zero-order chi connectivity index (χ0) is 28.7. The second kappa shape index (κ2) is 10.8. The molecule has 0 bridgehead atoms. The smallest absolute Gasteiger partial charge is 0.261 e. The molecule has 2 heterocycles. The first-order chi connectivity index (χ1) is 19.8. The van der Waals surface area contributed by atoms with Crippen LogP contribution in [0.25, 0.3) is 0 Å². The summed E-state index contributed by atoms with van der Waals surface area (Å²) in [5.74, 6) is -0.829. The van der Waals surface area contributed by atoms with Gasteiger partial charge in [-0.3, -0.25) is 29.0 Å².